The van der Waals surface area contributed by atoms with E-state index in [1.807, 2.05) is 44.2 Å². The zero-order valence-corrected chi connectivity index (χ0v) is 13.5. The minimum absolute atomic E-state index is 0.0939. The first-order valence-electron chi connectivity index (χ1n) is 7.88. The summed E-state index contributed by atoms with van der Waals surface area (Å²) in [6, 6.07) is 9.26. The molecule has 1 amide bonds. The Hall–Kier alpha value is -2.21. The Kier molecular flexibility index (Phi) is 6.29. The molecule has 0 aliphatic carbocycles. The van der Waals surface area contributed by atoms with Crippen molar-refractivity contribution in [3.8, 4) is 0 Å². The molecule has 2 aromatic rings. The van der Waals surface area contributed by atoms with Gasteiger partial charge in [-0.25, -0.2) is 0 Å². The van der Waals surface area contributed by atoms with E-state index in [1.165, 1.54) is 0 Å². The van der Waals surface area contributed by atoms with E-state index in [2.05, 4.69) is 15.5 Å². The summed E-state index contributed by atoms with van der Waals surface area (Å²) in [6.45, 7) is 4.21. The van der Waals surface area contributed by atoms with Crippen molar-refractivity contribution in [1.82, 2.24) is 15.5 Å². The summed E-state index contributed by atoms with van der Waals surface area (Å²) >= 11 is 0. The van der Waals surface area contributed by atoms with E-state index in [1.54, 1.807) is 0 Å². The number of hydrogen-bond acceptors (Lipinski definition) is 5. The van der Waals surface area contributed by atoms with Crippen molar-refractivity contribution in [2.45, 2.75) is 45.1 Å². The molecule has 1 heterocycles. The van der Waals surface area contributed by atoms with E-state index >= 15 is 0 Å². The van der Waals surface area contributed by atoms with Gasteiger partial charge in [-0.2, -0.15) is 4.98 Å². The topological polar surface area (TPSA) is 88.2 Å². The SMILES string of the molecule is CC(C)c1noc(CCCC(=O)NCC(O)c2ccccc2)n1. The van der Waals surface area contributed by atoms with E-state index in [0.717, 1.165) is 5.56 Å². The van der Waals surface area contributed by atoms with Crippen molar-refractivity contribution >= 4 is 5.91 Å². The molecule has 0 saturated carbocycles. The number of carbonyl (C=O) groups is 1. The molecule has 2 N–H and O–H groups in total. The second kappa shape index (κ2) is 8.43. The number of rotatable bonds is 8. The molecule has 1 unspecified atom stereocenters. The Morgan fingerprint density at radius 3 is 2.70 bits per heavy atom. The van der Waals surface area contributed by atoms with Gasteiger partial charge in [0.1, 0.15) is 0 Å². The molecule has 0 aliphatic rings. The number of aliphatic hydroxyl groups excluding tert-OH is 1. The normalized spacial score (nSPS) is 12.3. The number of amides is 1. The molecular formula is C17H23N3O3. The van der Waals surface area contributed by atoms with Gasteiger partial charge >= 0.3 is 0 Å². The standard InChI is InChI=1S/C17H23N3O3/c1-12(2)17-19-16(23-20-17)10-6-9-15(22)18-11-14(21)13-7-4-3-5-8-13/h3-5,7-8,12,14,21H,6,9-11H2,1-2H3,(H,18,22). The maximum atomic E-state index is 11.8. The maximum Gasteiger partial charge on any atom is 0.226 e. The summed E-state index contributed by atoms with van der Waals surface area (Å²) in [5.41, 5.74) is 0.792. The van der Waals surface area contributed by atoms with E-state index < -0.39 is 6.10 Å². The van der Waals surface area contributed by atoms with Crippen LogP contribution < -0.4 is 5.32 Å². The van der Waals surface area contributed by atoms with Crippen LogP contribution in [0.3, 0.4) is 0 Å². The summed E-state index contributed by atoms with van der Waals surface area (Å²) in [4.78, 5) is 16.1. The zero-order valence-electron chi connectivity index (χ0n) is 13.5. The maximum absolute atomic E-state index is 11.8. The predicted octanol–water partition coefficient (Wildman–Crippen LogP) is 2.37. The number of aliphatic hydroxyl groups is 1. The molecule has 0 saturated heterocycles. The van der Waals surface area contributed by atoms with Crippen molar-refractivity contribution in [1.29, 1.82) is 0 Å². The fourth-order valence-corrected chi connectivity index (χ4v) is 2.10. The highest BCUT2D eigenvalue weighted by molar-refractivity contribution is 5.75. The zero-order chi connectivity index (χ0) is 16.7. The first kappa shape index (κ1) is 17.1. The van der Waals surface area contributed by atoms with Crippen molar-refractivity contribution in [3.05, 3.63) is 47.6 Å². The third-order valence-corrected chi connectivity index (χ3v) is 3.47. The van der Waals surface area contributed by atoms with Gasteiger partial charge in [-0.05, 0) is 12.0 Å². The third kappa shape index (κ3) is 5.49. The molecule has 6 heteroatoms. The monoisotopic (exact) mass is 317 g/mol. The lowest BCUT2D eigenvalue weighted by Gasteiger charge is -2.11. The minimum Gasteiger partial charge on any atom is -0.387 e. The van der Waals surface area contributed by atoms with Gasteiger partial charge in [0.2, 0.25) is 11.8 Å². The second-order valence-electron chi connectivity index (χ2n) is 5.79. The van der Waals surface area contributed by atoms with Crippen LogP contribution in [0.15, 0.2) is 34.9 Å². The van der Waals surface area contributed by atoms with Crippen LogP contribution in [-0.4, -0.2) is 27.7 Å². The van der Waals surface area contributed by atoms with Crippen molar-refractivity contribution in [2.24, 2.45) is 0 Å². The van der Waals surface area contributed by atoms with Crippen LogP contribution in [0.1, 0.15) is 56.0 Å². The van der Waals surface area contributed by atoms with Gasteiger partial charge in [-0.15, -0.1) is 0 Å². The molecule has 0 spiro atoms. The van der Waals surface area contributed by atoms with Crippen molar-refractivity contribution in [2.75, 3.05) is 6.54 Å². The van der Waals surface area contributed by atoms with Crippen LogP contribution in [0.4, 0.5) is 0 Å². The quantitative estimate of drug-likeness (QED) is 0.780. The molecule has 6 nitrogen and oxygen atoms in total. The number of nitrogens with one attached hydrogen (secondary N) is 1. The molecule has 2 rings (SSSR count). The lowest BCUT2D eigenvalue weighted by atomic mass is 10.1. The molecule has 0 fully saturated rings. The summed E-state index contributed by atoms with van der Waals surface area (Å²) < 4.78 is 5.13. The van der Waals surface area contributed by atoms with Crippen LogP contribution in [0.5, 0.6) is 0 Å². The average Bonchev–Trinajstić information content (AvgIpc) is 3.02. The number of benzene rings is 1. The molecule has 0 radical (unpaired) electrons. The fraction of sp³-hybridized carbons (Fsp3) is 0.471. The summed E-state index contributed by atoms with van der Waals surface area (Å²) in [7, 11) is 0. The highest BCUT2D eigenvalue weighted by Crippen LogP contribution is 2.12. The molecule has 0 aliphatic heterocycles. The minimum atomic E-state index is -0.690. The first-order chi connectivity index (χ1) is 11.1. The average molecular weight is 317 g/mol. The van der Waals surface area contributed by atoms with Gasteiger partial charge in [0.15, 0.2) is 5.82 Å². The Labute approximate surface area is 135 Å². The van der Waals surface area contributed by atoms with Crippen LogP contribution in [-0.2, 0) is 11.2 Å². The number of carbonyl (C=O) groups excluding carboxylic acids is 1. The lowest BCUT2D eigenvalue weighted by molar-refractivity contribution is -0.121. The third-order valence-electron chi connectivity index (χ3n) is 3.47. The number of hydrogen-bond donors (Lipinski definition) is 2. The van der Waals surface area contributed by atoms with Crippen molar-refractivity contribution < 1.29 is 14.4 Å². The van der Waals surface area contributed by atoms with Crippen LogP contribution in [0.2, 0.25) is 0 Å². The Bertz CT molecular complexity index is 611. The first-order valence-corrected chi connectivity index (χ1v) is 7.88. The smallest absolute Gasteiger partial charge is 0.226 e. The highest BCUT2D eigenvalue weighted by atomic mass is 16.5. The Morgan fingerprint density at radius 1 is 1.30 bits per heavy atom. The second-order valence-corrected chi connectivity index (χ2v) is 5.79. The van der Waals surface area contributed by atoms with Gasteiger partial charge in [0.25, 0.3) is 0 Å². The molecule has 1 aromatic heterocycles. The predicted molar refractivity (Wildman–Crippen MR) is 85.7 cm³/mol. The van der Waals surface area contributed by atoms with E-state index in [0.29, 0.717) is 31.0 Å². The van der Waals surface area contributed by atoms with Gasteiger partial charge < -0.3 is 14.9 Å². The number of aromatic nitrogens is 2. The summed E-state index contributed by atoms with van der Waals surface area (Å²) in [5.74, 6) is 1.39. The summed E-state index contributed by atoms with van der Waals surface area (Å²) in [5, 5.41) is 16.6. The molecule has 23 heavy (non-hydrogen) atoms. The highest BCUT2D eigenvalue weighted by Gasteiger charge is 2.11. The Morgan fingerprint density at radius 2 is 2.04 bits per heavy atom. The number of aryl methyl sites for hydroxylation is 1. The van der Waals surface area contributed by atoms with Gasteiger partial charge in [0, 0.05) is 25.3 Å². The van der Waals surface area contributed by atoms with E-state index in [9.17, 15) is 9.90 Å². The van der Waals surface area contributed by atoms with Gasteiger partial charge in [-0.1, -0.05) is 49.3 Å². The Balaban J connectivity index is 1.67. The van der Waals surface area contributed by atoms with Gasteiger partial charge in [0.05, 0.1) is 6.10 Å². The number of nitrogens with zero attached hydrogens (tertiary/aromatic N) is 2. The van der Waals surface area contributed by atoms with Crippen molar-refractivity contribution in [3.63, 3.8) is 0 Å². The van der Waals surface area contributed by atoms with Crippen LogP contribution >= 0.6 is 0 Å². The van der Waals surface area contributed by atoms with Gasteiger partial charge in [-0.3, -0.25) is 4.79 Å². The van der Waals surface area contributed by atoms with Crippen LogP contribution in [0, 0.1) is 0 Å². The molecular weight excluding hydrogens is 294 g/mol. The lowest BCUT2D eigenvalue weighted by Crippen LogP contribution is -2.28. The van der Waals surface area contributed by atoms with Crippen LogP contribution in [0.25, 0.3) is 0 Å². The molecule has 0 bridgehead atoms. The molecule has 1 atom stereocenters. The largest absolute Gasteiger partial charge is 0.387 e. The van der Waals surface area contributed by atoms with E-state index in [-0.39, 0.29) is 18.4 Å². The fourth-order valence-electron chi connectivity index (χ4n) is 2.10. The van der Waals surface area contributed by atoms with E-state index in [4.69, 9.17) is 4.52 Å². The molecule has 1 aromatic carbocycles. The summed E-state index contributed by atoms with van der Waals surface area (Å²) in [6.07, 6.45) is 0.882. The molecule has 124 valence electrons.